The van der Waals surface area contributed by atoms with Crippen molar-refractivity contribution >= 4 is 23.3 Å². The van der Waals surface area contributed by atoms with Crippen LogP contribution in [0.4, 0.5) is 4.79 Å². The van der Waals surface area contributed by atoms with Gasteiger partial charge in [0.1, 0.15) is 0 Å². The molecule has 0 bridgehead atoms. The molecule has 1 unspecified atom stereocenters. The third-order valence-corrected chi connectivity index (χ3v) is 5.21. The van der Waals surface area contributed by atoms with Crippen LogP contribution in [0, 0.1) is 0 Å². The SMILES string of the molecule is CC1(c2cccs2)NC(=O)N(Cc2nnnn2-c2ccccc2)C1=O. The van der Waals surface area contributed by atoms with E-state index in [1.54, 1.807) is 6.92 Å². The van der Waals surface area contributed by atoms with E-state index in [0.717, 1.165) is 15.5 Å². The molecule has 1 fully saturated rings. The molecule has 2 aromatic heterocycles. The molecule has 8 nitrogen and oxygen atoms in total. The Kier molecular flexibility index (Phi) is 3.57. The van der Waals surface area contributed by atoms with E-state index >= 15 is 0 Å². The molecule has 126 valence electrons. The third kappa shape index (κ3) is 2.49. The highest BCUT2D eigenvalue weighted by Gasteiger charge is 2.50. The fraction of sp³-hybridized carbons (Fsp3) is 0.188. The maximum Gasteiger partial charge on any atom is 0.325 e. The van der Waals surface area contributed by atoms with Crippen molar-refractivity contribution in [2.75, 3.05) is 0 Å². The predicted octanol–water partition coefficient (Wildman–Crippen LogP) is 1.69. The molecular formula is C16H14N6O2S. The Morgan fingerprint density at radius 1 is 1.16 bits per heavy atom. The monoisotopic (exact) mass is 354 g/mol. The second-order valence-electron chi connectivity index (χ2n) is 5.77. The van der Waals surface area contributed by atoms with Crippen LogP contribution in [0.2, 0.25) is 0 Å². The minimum atomic E-state index is -1.06. The number of urea groups is 1. The number of para-hydroxylation sites is 1. The molecule has 9 heteroatoms. The lowest BCUT2D eigenvalue weighted by atomic mass is 10.0. The van der Waals surface area contributed by atoms with E-state index in [1.165, 1.54) is 16.0 Å². The van der Waals surface area contributed by atoms with E-state index in [-0.39, 0.29) is 12.5 Å². The molecule has 3 heterocycles. The summed E-state index contributed by atoms with van der Waals surface area (Å²) in [4.78, 5) is 27.2. The number of imide groups is 1. The summed E-state index contributed by atoms with van der Waals surface area (Å²) >= 11 is 1.43. The van der Waals surface area contributed by atoms with Crippen LogP contribution in [-0.2, 0) is 16.9 Å². The highest BCUT2D eigenvalue weighted by Crippen LogP contribution is 2.32. The Morgan fingerprint density at radius 3 is 2.68 bits per heavy atom. The van der Waals surface area contributed by atoms with Gasteiger partial charge in [0.25, 0.3) is 5.91 Å². The summed E-state index contributed by atoms with van der Waals surface area (Å²) < 4.78 is 1.52. The molecule has 1 aromatic carbocycles. The van der Waals surface area contributed by atoms with Gasteiger partial charge in [-0.15, -0.1) is 16.4 Å². The van der Waals surface area contributed by atoms with Crippen LogP contribution in [0.25, 0.3) is 5.69 Å². The molecule has 1 saturated heterocycles. The largest absolute Gasteiger partial charge is 0.325 e. The average Bonchev–Trinajstić information content (AvgIpc) is 3.34. The van der Waals surface area contributed by atoms with Crippen LogP contribution < -0.4 is 5.32 Å². The summed E-state index contributed by atoms with van der Waals surface area (Å²) in [6.45, 7) is 1.70. The number of nitrogens with zero attached hydrogens (tertiary/aromatic N) is 5. The van der Waals surface area contributed by atoms with Crippen molar-refractivity contribution in [3.8, 4) is 5.69 Å². The summed E-state index contributed by atoms with van der Waals surface area (Å²) in [7, 11) is 0. The lowest BCUT2D eigenvalue weighted by Crippen LogP contribution is -2.40. The first-order chi connectivity index (χ1) is 12.1. The molecule has 3 aromatic rings. The fourth-order valence-electron chi connectivity index (χ4n) is 2.79. The lowest BCUT2D eigenvalue weighted by molar-refractivity contribution is -0.131. The van der Waals surface area contributed by atoms with Gasteiger partial charge in [-0.2, -0.15) is 4.68 Å². The molecule has 25 heavy (non-hydrogen) atoms. The van der Waals surface area contributed by atoms with Crippen molar-refractivity contribution in [2.45, 2.75) is 19.0 Å². The Bertz CT molecular complexity index is 923. The molecule has 1 aliphatic heterocycles. The van der Waals surface area contributed by atoms with E-state index in [9.17, 15) is 9.59 Å². The van der Waals surface area contributed by atoms with Gasteiger partial charge in [-0.3, -0.25) is 9.69 Å². The standard InChI is InChI=1S/C16H14N6O2S/c1-16(12-8-5-9-25-12)14(23)21(15(24)17-16)10-13-18-19-20-22(13)11-6-3-2-4-7-11/h2-9H,10H2,1H3,(H,17,24). The number of nitrogens with one attached hydrogen (secondary N) is 1. The van der Waals surface area contributed by atoms with Crippen molar-refractivity contribution in [3.05, 3.63) is 58.5 Å². The first-order valence-electron chi connectivity index (χ1n) is 7.60. The summed E-state index contributed by atoms with van der Waals surface area (Å²) in [6.07, 6.45) is 0. The topological polar surface area (TPSA) is 93.0 Å². The molecule has 1 aliphatic rings. The second-order valence-corrected chi connectivity index (χ2v) is 6.71. The van der Waals surface area contributed by atoms with Gasteiger partial charge < -0.3 is 5.32 Å². The lowest BCUT2D eigenvalue weighted by Gasteiger charge is -2.19. The summed E-state index contributed by atoms with van der Waals surface area (Å²) in [5, 5.41) is 16.2. The molecule has 0 saturated carbocycles. The number of hydrogen-bond donors (Lipinski definition) is 1. The van der Waals surface area contributed by atoms with Gasteiger partial charge in [-0.1, -0.05) is 24.3 Å². The second kappa shape index (κ2) is 5.78. The molecule has 1 N–H and O–H groups in total. The van der Waals surface area contributed by atoms with Gasteiger partial charge in [0.2, 0.25) is 0 Å². The highest BCUT2D eigenvalue weighted by atomic mass is 32.1. The normalized spacial score (nSPS) is 20.1. The quantitative estimate of drug-likeness (QED) is 0.720. The van der Waals surface area contributed by atoms with Crippen LogP contribution in [-0.4, -0.2) is 37.0 Å². The maximum atomic E-state index is 12.9. The van der Waals surface area contributed by atoms with Crippen molar-refractivity contribution in [2.24, 2.45) is 0 Å². The number of carbonyl (C=O) groups excluding carboxylic acids is 2. The minimum absolute atomic E-state index is 0.00642. The highest BCUT2D eigenvalue weighted by molar-refractivity contribution is 7.10. The van der Waals surface area contributed by atoms with Crippen LogP contribution in [0.15, 0.2) is 47.8 Å². The van der Waals surface area contributed by atoms with Gasteiger partial charge in [0.05, 0.1) is 12.2 Å². The Morgan fingerprint density at radius 2 is 1.96 bits per heavy atom. The summed E-state index contributed by atoms with van der Waals surface area (Å²) in [5.41, 5.74) is -0.299. The van der Waals surface area contributed by atoms with Crippen LogP contribution in [0.3, 0.4) is 0 Å². The van der Waals surface area contributed by atoms with Crippen molar-refractivity contribution in [1.82, 2.24) is 30.4 Å². The molecule has 4 rings (SSSR count). The summed E-state index contributed by atoms with van der Waals surface area (Å²) in [5.74, 6) is 0.0905. The Hall–Kier alpha value is -3.07. The Balaban J connectivity index is 1.64. The van der Waals surface area contributed by atoms with E-state index in [2.05, 4.69) is 20.8 Å². The zero-order chi connectivity index (χ0) is 17.4. The molecule has 3 amide bonds. The van der Waals surface area contributed by atoms with E-state index in [4.69, 9.17) is 0 Å². The summed E-state index contributed by atoms with van der Waals surface area (Å²) in [6, 6.07) is 12.5. The zero-order valence-electron chi connectivity index (χ0n) is 13.3. The molecule has 0 spiro atoms. The zero-order valence-corrected chi connectivity index (χ0v) is 14.1. The first kappa shape index (κ1) is 15.5. The van der Waals surface area contributed by atoms with E-state index in [1.807, 2.05) is 47.8 Å². The molecular weight excluding hydrogens is 340 g/mol. The smallest absolute Gasteiger partial charge is 0.319 e. The van der Waals surface area contributed by atoms with Crippen molar-refractivity contribution in [1.29, 1.82) is 0 Å². The molecule has 0 radical (unpaired) electrons. The number of tetrazole rings is 1. The number of benzene rings is 1. The van der Waals surface area contributed by atoms with E-state index in [0.29, 0.717) is 5.82 Å². The fourth-order valence-corrected chi connectivity index (χ4v) is 3.62. The Labute approximate surface area is 147 Å². The third-order valence-electron chi connectivity index (χ3n) is 4.12. The minimum Gasteiger partial charge on any atom is -0.319 e. The first-order valence-corrected chi connectivity index (χ1v) is 8.48. The average molecular weight is 354 g/mol. The maximum absolute atomic E-state index is 12.9. The number of amides is 3. The number of rotatable bonds is 4. The van der Waals surface area contributed by atoms with Gasteiger partial charge >= 0.3 is 6.03 Å². The number of hydrogen-bond acceptors (Lipinski definition) is 6. The predicted molar refractivity (Wildman–Crippen MR) is 89.9 cm³/mol. The van der Waals surface area contributed by atoms with Gasteiger partial charge in [0, 0.05) is 4.88 Å². The molecule has 0 aliphatic carbocycles. The van der Waals surface area contributed by atoms with E-state index < -0.39 is 11.6 Å². The van der Waals surface area contributed by atoms with Crippen LogP contribution in [0.5, 0.6) is 0 Å². The number of thiophene rings is 1. The van der Waals surface area contributed by atoms with Crippen molar-refractivity contribution < 1.29 is 9.59 Å². The van der Waals surface area contributed by atoms with Gasteiger partial charge in [0.15, 0.2) is 11.4 Å². The van der Waals surface area contributed by atoms with Gasteiger partial charge in [-0.25, -0.2) is 4.79 Å². The van der Waals surface area contributed by atoms with Crippen LogP contribution >= 0.6 is 11.3 Å². The number of aromatic nitrogens is 4. The number of carbonyl (C=O) groups is 2. The van der Waals surface area contributed by atoms with Crippen molar-refractivity contribution in [3.63, 3.8) is 0 Å². The van der Waals surface area contributed by atoms with Crippen LogP contribution in [0.1, 0.15) is 17.6 Å². The van der Waals surface area contributed by atoms with Gasteiger partial charge in [-0.05, 0) is 40.9 Å². The molecule has 1 atom stereocenters.